The van der Waals surface area contributed by atoms with Gasteiger partial charge >= 0.3 is 0 Å². The summed E-state index contributed by atoms with van der Waals surface area (Å²) in [5.74, 6) is 1.19. The summed E-state index contributed by atoms with van der Waals surface area (Å²) < 4.78 is 19.2. The van der Waals surface area contributed by atoms with Gasteiger partial charge in [-0.05, 0) is 37.6 Å². The number of rotatable bonds is 5. The highest BCUT2D eigenvalue weighted by Crippen LogP contribution is 2.26. The van der Waals surface area contributed by atoms with E-state index in [2.05, 4.69) is 5.32 Å². The van der Waals surface area contributed by atoms with E-state index >= 15 is 0 Å². The summed E-state index contributed by atoms with van der Waals surface area (Å²) >= 11 is 0. The van der Waals surface area contributed by atoms with Crippen LogP contribution in [0.1, 0.15) is 18.2 Å². The van der Waals surface area contributed by atoms with Gasteiger partial charge in [0.25, 0.3) is 0 Å². The van der Waals surface area contributed by atoms with E-state index in [-0.39, 0.29) is 11.9 Å². The third kappa shape index (κ3) is 3.43. The average Bonchev–Trinajstić information content (AvgIpc) is 2.81. The molecule has 0 spiro atoms. The molecule has 0 saturated carbocycles. The van der Waals surface area contributed by atoms with E-state index in [4.69, 9.17) is 9.52 Å². The van der Waals surface area contributed by atoms with Gasteiger partial charge in [-0.1, -0.05) is 12.1 Å². The summed E-state index contributed by atoms with van der Waals surface area (Å²) in [5, 5.41) is 12.2. The van der Waals surface area contributed by atoms with Crippen molar-refractivity contribution in [1.82, 2.24) is 5.32 Å². The van der Waals surface area contributed by atoms with E-state index in [1.54, 1.807) is 19.9 Å². The zero-order chi connectivity index (χ0) is 13.8. The molecule has 0 saturated heterocycles. The van der Waals surface area contributed by atoms with Crippen LogP contribution in [0.4, 0.5) is 4.39 Å². The predicted molar refractivity (Wildman–Crippen MR) is 72.2 cm³/mol. The topological polar surface area (TPSA) is 45.4 Å². The molecule has 1 aromatic heterocycles. The SMILES string of the molecule is Cc1c(F)cccc1-c1ccc(CNC[C@@H](C)O)o1. The molecule has 1 heterocycles. The molecule has 102 valence electrons. The van der Waals surface area contributed by atoms with Crippen molar-refractivity contribution in [3.63, 3.8) is 0 Å². The van der Waals surface area contributed by atoms with Gasteiger partial charge in [-0.15, -0.1) is 0 Å². The van der Waals surface area contributed by atoms with Crippen molar-refractivity contribution in [1.29, 1.82) is 0 Å². The summed E-state index contributed by atoms with van der Waals surface area (Å²) in [6.07, 6.45) is -0.389. The summed E-state index contributed by atoms with van der Waals surface area (Å²) in [5.41, 5.74) is 1.35. The average molecular weight is 263 g/mol. The van der Waals surface area contributed by atoms with Crippen molar-refractivity contribution in [2.75, 3.05) is 6.54 Å². The van der Waals surface area contributed by atoms with E-state index in [0.29, 0.717) is 24.4 Å². The van der Waals surface area contributed by atoms with Crippen LogP contribution in [-0.2, 0) is 6.54 Å². The Balaban J connectivity index is 2.10. The van der Waals surface area contributed by atoms with Crippen LogP contribution in [0.2, 0.25) is 0 Å². The quantitative estimate of drug-likeness (QED) is 0.872. The van der Waals surface area contributed by atoms with Crippen molar-refractivity contribution in [3.05, 3.63) is 47.5 Å². The summed E-state index contributed by atoms with van der Waals surface area (Å²) in [6.45, 7) is 4.50. The van der Waals surface area contributed by atoms with E-state index in [0.717, 1.165) is 11.3 Å². The molecule has 0 radical (unpaired) electrons. The number of hydrogen-bond donors (Lipinski definition) is 2. The Morgan fingerprint density at radius 1 is 1.32 bits per heavy atom. The minimum atomic E-state index is -0.389. The van der Waals surface area contributed by atoms with Crippen LogP contribution in [0.25, 0.3) is 11.3 Å². The van der Waals surface area contributed by atoms with Gasteiger partial charge in [-0.25, -0.2) is 4.39 Å². The van der Waals surface area contributed by atoms with Crippen molar-refractivity contribution in [3.8, 4) is 11.3 Å². The molecule has 0 aliphatic rings. The molecule has 0 bridgehead atoms. The van der Waals surface area contributed by atoms with Crippen molar-refractivity contribution >= 4 is 0 Å². The fraction of sp³-hybridized carbons (Fsp3) is 0.333. The van der Waals surface area contributed by atoms with E-state index in [9.17, 15) is 4.39 Å². The second-order valence-electron chi connectivity index (χ2n) is 4.66. The molecule has 3 nitrogen and oxygen atoms in total. The van der Waals surface area contributed by atoms with Crippen LogP contribution in [-0.4, -0.2) is 17.8 Å². The normalized spacial score (nSPS) is 12.6. The zero-order valence-corrected chi connectivity index (χ0v) is 11.1. The van der Waals surface area contributed by atoms with E-state index in [1.165, 1.54) is 6.07 Å². The van der Waals surface area contributed by atoms with Gasteiger partial charge in [0.2, 0.25) is 0 Å². The molecular formula is C15H18FNO2. The highest BCUT2D eigenvalue weighted by atomic mass is 19.1. The van der Waals surface area contributed by atoms with Gasteiger partial charge < -0.3 is 14.8 Å². The third-order valence-electron chi connectivity index (χ3n) is 2.93. The summed E-state index contributed by atoms with van der Waals surface area (Å²) in [7, 11) is 0. The van der Waals surface area contributed by atoms with Crippen molar-refractivity contribution in [2.45, 2.75) is 26.5 Å². The van der Waals surface area contributed by atoms with Gasteiger partial charge in [0, 0.05) is 12.1 Å². The largest absolute Gasteiger partial charge is 0.460 e. The molecular weight excluding hydrogens is 245 g/mol. The van der Waals surface area contributed by atoms with Crippen LogP contribution >= 0.6 is 0 Å². The number of halogens is 1. The smallest absolute Gasteiger partial charge is 0.134 e. The Hall–Kier alpha value is -1.65. The molecule has 19 heavy (non-hydrogen) atoms. The lowest BCUT2D eigenvalue weighted by Gasteiger charge is -2.05. The van der Waals surface area contributed by atoms with Gasteiger partial charge in [-0.3, -0.25) is 0 Å². The van der Waals surface area contributed by atoms with E-state index < -0.39 is 0 Å². The summed E-state index contributed by atoms with van der Waals surface area (Å²) in [4.78, 5) is 0. The number of aliphatic hydroxyl groups is 1. The minimum absolute atomic E-state index is 0.234. The molecule has 0 amide bonds. The number of furan rings is 1. The lowest BCUT2D eigenvalue weighted by atomic mass is 10.1. The fourth-order valence-electron chi connectivity index (χ4n) is 1.90. The maximum atomic E-state index is 13.5. The van der Waals surface area contributed by atoms with Gasteiger partial charge in [0.05, 0.1) is 12.6 Å². The maximum Gasteiger partial charge on any atom is 0.134 e. The van der Waals surface area contributed by atoms with Crippen molar-refractivity contribution < 1.29 is 13.9 Å². The first-order valence-electron chi connectivity index (χ1n) is 6.31. The second-order valence-corrected chi connectivity index (χ2v) is 4.66. The molecule has 1 aromatic carbocycles. The fourth-order valence-corrected chi connectivity index (χ4v) is 1.90. The van der Waals surface area contributed by atoms with Gasteiger partial charge in [0.15, 0.2) is 0 Å². The first-order valence-corrected chi connectivity index (χ1v) is 6.31. The highest BCUT2D eigenvalue weighted by Gasteiger charge is 2.10. The predicted octanol–water partition coefficient (Wildman–Crippen LogP) is 2.86. The number of benzene rings is 1. The molecule has 2 rings (SSSR count). The van der Waals surface area contributed by atoms with Crippen molar-refractivity contribution in [2.24, 2.45) is 0 Å². The molecule has 0 unspecified atom stereocenters. The Morgan fingerprint density at radius 2 is 2.11 bits per heavy atom. The lowest BCUT2D eigenvalue weighted by molar-refractivity contribution is 0.190. The number of hydrogen-bond acceptors (Lipinski definition) is 3. The van der Waals surface area contributed by atoms with Gasteiger partial charge in [-0.2, -0.15) is 0 Å². The van der Waals surface area contributed by atoms with Crippen LogP contribution in [0, 0.1) is 12.7 Å². The van der Waals surface area contributed by atoms with Gasteiger partial charge in [0.1, 0.15) is 17.3 Å². The molecule has 0 aliphatic carbocycles. The standard InChI is InChI=1S/C15H18FNO2/c1-10(18)8-17-9-12-6-7-15(19-12)13-4-3-5-14(16)11(13)2/h3-7,10,17-18H,8-9H2,1-2H3/t10-/m1/s1. The van der Waals surface area contributed by atoms with Crippen LogP contribution in [0.3, 0.4) is 0 Å². The van der Waals surface area contributed by atoms with Crippen LogP contribution < -0.4 is 5.32 Å². The first kappa shape index (κ1) is 13.8. The molecule has 0 aliphatic heterocycles. The zero-order valence-electron chi connectivity index (χ0n) is 11.1. The maximum absolute atomic E-state index is 13.5. The molecule has 1 atom stereocenters. The Morgan fingerprint density at radius 3 is 2.84 bits per heavy atom. The number of nitrogens with one attached hydrogen (secondary N) is 1. The van der Waals surface area contributed by atoms with Crippen LogP contribution in [0.5, 0.6) is 0 Å². The van der Waals surface area contributed by atoms with Crippen LogP contribution in [0.15, 0.2) is 34.7 Å². The molecule has 0 fully saturated rings. The number of aliphatic hydroxyl groups excluding tert-OH is 1. The Bertz CT molecular complexity index is 549. The molecule has 2 N–H and O–H groups in total. The summed E-state index contributed by atoms with van der Waals surface area (Å²) in [6, 6.07) is 8.64. The highest BCUT2D eigenvalue weighted by molar-refractivity contribution is 5.62. The molecule has 2 aromatic rings. The second kappa shape index (κ2) is 5.99. The monoisotopic (exact) mass is 263 g/mol. The Kier molecular flexibility index (Phi) is 4.35. The lowest BCUT2D eigenvalue weighted by Crippen LogP contribution is -2.23. The molecule has 4 heteroatoms. The van der Waals surface area contributed by atoms with E-state index in [1.807, 2.05) is 18.2 Å². The Labute approximate surface area is 112 Å². The minimum Gasteiger partial charge on any atom is -0.460 e. The third-order valence-corrected chi connectivity index (χ3v) is 2.93. The first-order chi connectivity index (χ1) is 9.08.